The van der Waals surface area contributed by atoms with Gasteiger partial charge < -0.3 is 10.2 Å². The number of nitrogens with zero attached hydrogens (tertiary/aromatic N) is 1. The third kappa shape index (κ3) is 11.0. The molecule has 0 bridgehead atoms. The Balaban J connectivity index is 0.00000137. The van der Waals surface area contributed by atoms with Crippen LogP contribution in [-0.4, -0.2) is 37.6 Å². The Morgan fingerprint density at radius 3 is 1.83 bits per heavy atom. The minimum Gasteiger partial charge on any atom is -0.314 e. The zero-order valence-corrected chi connectivity index (χ0v) is 13.1. The van der Waals surface area contributed by atoms with Crippen LogP contribution in [0.3, 0.4) is 0 Å². The first-order chi connectivity index (χ1) is 8.93. The first kappa shape index (κ1) is 17.9. The fourth-order valence-electron chi connectivity index (χ4n) is 2.40. The van der Waals surface area contributed by atoms with E-state index in [0.717, 1.165) is 0 Å². The van der Waals surface area contributed by atoms with Crippen molar-refractivity contribution in [3.63, 3.8) is 0 Å². The summed E-state index contributed by atoms with van der Waals surface area (Å²) in [6.07, 6.45) is 11.5. The minimum atomic E-state index is 1.19. The molecule has 0 radical (unpaired) electrons. The van der Waals surface area contributed by atoms with Gasteiger partial charge in [0.2, 0.25) is 0 Å². The second-order valence-corrected chi connectivity index (χ2v) is 5.07. The molecule has 0 atom stereocenters. The number of hydrogen-bond donors (Lipinski definition) is 1. The Hall–Kier alpha value is -0.0800. The molecular formula is C16H36N2. The van der Waals surface area contributed by atoms with Crippen LogP contribution in [0, 0.1) is 0 Å². The summed E-state index contributed by atoms with van der Waals surface area (Å²) in [7, 11) is 0. The molecule has 1 aliphatic heterocycles. The number of nitrogens with one attached hydrogen (secondary N) is 1. The summed E-state index contributed by atoms with van der Waals surface area (Å²) in [5, 5.41) is 3.40. The van der Waals surface area contributed by atoms with Crippen LogP contribution in [0.15, 0.2) is 0 Å². The molecule has 18 heavy (non-hydrogen) atoms. The van der Waals surface area contributed by atoms with Crippen LogP contribution in [0.4, 0.5) is 0 Å². The van der Waals surface area contributed by atoms with Crippen molar-refractivity contribution in [2.24, 2.45) is 0 Å². The van der Waals surface area contributed by atoms with E-state index < -0.39 is 0 Å². The van der Waals surface area contributed by atoms with E-state index in [-0.39, 0.29) is 0 Å². The van der Waals surface area contributed by atoms with Gasteiger partial charge in [0.05, 0.1) is 0 Å². The van der Waals surface area contributed by atoms with Gasteiger partial charge in [-0.05, 0) is 13.0 Å². The quantitative estimate of drug-likeness (QED) is 0.626. The van der Waals surface area contributed by atoms with Gasteiger partial charge in [-0.15, -0.1) is 0 Å². The number of piperazine rings is 1. The van der Waals surface area contributed by atoms with Crippen LogP contribution in [0.1, 0.15) is 72.1 Å². The normalized spacial score (nSPS) is 16.2. The molecule has 2 heteroatoms. The third-order valence-corrected chi connectivity index (χ3v) is 3.54. The van der Waals surface area contributed by atoms with Gasteiger partial charge in [0.25, 0.3) is 0 Å². The van der Waals surface area contributed by atoms with Crippen molar-refractivity contribution >= 4 is 0 Å². The molecule has 2 nitrogen and oxygen atoms in total. The maximum atomic E-state index is 3.40. The fraction of sp³-hybridized carbons (Fsp3) is 1.00. The molecule has 1 rings (SSSR count). The van der Waals surface area contributed by atoms with Gasteiger partial charge in [-0.1, -0.05) is 65.7 Å². The monoisotopic (exact) mass is 256 g/mol. The summed E-state index contributed by atoms with van der Waals surface area (Å²) in [6.45, 7) is 12.5. The van der Waals surface area contributed by atoms with Crippen molar-refractivity contribution in [2.45, 2.75) is 72.1 Å². The molecule has 0 aliphatic carbocycles. The molecule has 0 saturated carbocycles. The second kappa shape index (κ2) is 15.0. The summed E-state index contributed by atoms with van der Waals surface area (Å²) in [4.78, 5) is 2.60. The SMILES string of the molecule is CC.CCCCCCCCCCN1CCNCC1. The average molecular weight is 256 g/mol. The van der Waals surface area contributed by atoms with E-state index in [1.165, 1.54) is 84.1 Å². The lowest BCUT2D eigenvalue weighted by Crippen LogP contribution is -2.43. The van der Waals surface area contributed by atoms with Gasteiger partial charge in [-0.25, -0.2) is 0 Å². The first-order valence-electron chi connectivity index (χ1n) is 8.36. The maximum absolute atomic E-state index is 3.40. The van der Waals surface area contributed by atoms with Crippen LogP contribution >= 0.6 is 0 Å². The first-order valence-corrected chi connectivity index (χ1v) is 8.36. The summed E-state index contributed by atoms with van der Waals surface area (Å²) in [5.74, 6) is 0. The molecule has 0 aromatic rings. The molecule has 0 aromatic heterocycles. The highest BCUT2D eigenvalue weighted by atomic mass is 15.2. The largest absolute Gasteiger partial charge is 0.314 e. The zero-order valence-electron chi connectivity index (χ0n) is 13.1. The molecule has 0 unspecified atom stereocenters. The average Bonchev–Trinajstić information content (AvgIpc) is 2.45. The molecule has 1 fully saturated rings. The van der Waals surface area contributed by atoms with Crippen LogP contribution in [0.25, 0.3) is 0 Å². The summed E-state index contributed by atoms with van der Waals surface area (Å²) in [5.41, 5.74) is 0. The van der Waals surface area contributed by atoms with E-state index in [2.05, 4.69) is 17.1 Å². The van der Waals surface area contributed by atoms with E-state index >= 15 is 0 Å². The van der Waals surface area contributed by atoms with Crippen LogP contribution in [-0.2, 0) is 0 Å². The summed E-state index contributed by atoms with van der Waals surface area (Å²) in [6, 6.07) is 0. The van der Waals surface area contributed by atoms with E-state index in [1.807, 2.05) is 13.8 Å². The predicted octanol–water partition coefficient (Wildman–Crippen LogP) is 4.06. The predicted molar refractivity (Wildman–Crippen MR) is 83.3 cm³/mol. The highest BCUT2D eigenvalue weighted by Crippen LogP contribution is 2.08. The maximum Gasteiger partial charge on any atom is 0.0107 e. The Bertz CT molecular complexity index is 142. The van der Waals surface area contributed by atoms with Gasteiger partial charge in [0.1, 0.15) is 0 Å². The van der Waals surface area contributed by atoms with E-state index in [1.54, 1.807) is 0 Å². The number of hydrogen-bond acceptors (Lipinski definition) is 2. The Morgan fingerprint density at radius 2 is 1.28 bits per heavy atom. The van der Waals surface area contributed by atoms with Crippen molar-refractivity contribution in [1.29, 1.82) is 0 Å². The van der Waals surface area contributed by atoms with Gasteiger partial charge in [-0.2, -0.15) is 0 Å². The van der Waals surface area contributed by atoms with Gasteiger partial charge >= 0.3 is 0 Å². The smallest absolute Gasteiger partial charge is 0.0107 e. The third-order valence-electron chi connectivity index (χ3n) is 3.54. The molecular weight excluding hydrogens is 220 g/mol. The van der Waals surface area contributed by atoms with E-state index in [9.17, 15) is 0 Å². The van der Waals surface area contributed by atoms with E-state index in [0.29, 0.717) is 0 Å². The topological polar surface area (TPSA) is 15.3 Å². The van der Waals surface area contributed by atoms with Crippen molar-refractivity contribution in [3.05, 3.63) is 0 Å². The standard InChI is InChI=1S/C14H30N2.C2H6/c1-2-3-4-5-6-7-8-9-12-16-13-10-15-11-14-16;1-2/h15H,2-14H2,1H3;1-2H3. The minimum absolute atomic E-state index is 1.19. The highest BCUT2D eigenvalue weighted by molar-refractivity contribution is 4.67. The summed E-state index contributed by atoms with van der Waals surface area (Å²) >= 11 is 0. The van der Waals surface area contributed by atoms with Crippen molar-refractivity contribution in [2.75, 3.05) is 32.7 Å². The lowest BCUT2D eigenvalue weighted by molar-refractivity contribution is 0.236. The molecule has 1 aliphatic rings. The van der Waals surface area contributed by atoms with Crippen LogP contribution in [0.5, 0.6) is 0 Å². The van der Waals surface area contributed by atoms with Crippen molar-refractivity contribution in [3.8, 4) is 0 Å². The fourth-order valence-corrected chi connectivity index (χ4v) is 2.40. The van der Waals surface area contributed by atoms with Gasteiger partial charge in [0.15, 0.2) is 0 Å². The lowest BCUT2D eigenvalue weighted by atomic mass is 10.1. The van der Waals surface area contributed by atoms with Crippen molar-refractivity contribution < 1.29 is 0 Å². The van der Waals surface area contributed by atoms with Crippen molar-refractivity contribution in [1.82, 2.24) is 10.2 Å². The zero-order chi connectivity index (χ0) is 13.5. The number of rotatable bonds is 9. The summed E-state index contributed by atoms with van der Waals surface area (Å²) < 4.78 is 0. The van der Waals surface area contributed by atoms with Gasteiger partial charge in [0, 0.05) is 26.2 Å². The van der Waals surface area contributed by atoms with E-state index in [4.69, 9.17) is 0 Å². The Kier molecular flexibility index (Phi) is 14.9. The molecule has 1 saturated heterocycles. The van der Waals surface area contributed by atoms with Gasteiger partial charge in [-0.3, -0.25) is 0 Å². The second-order valence-electron chi connectivity index (χ2n) is 5.07. The molecule has 0 amide bonds. The molecule has 1 N–H and O–H groups in total. The number of unbranched alkanes of at least 4 members (excludes halogenated alkanes) is 7. The highest BCUT2D eigenvalue weighted by Gasteiger charge is 2.07. The lowest BCUT2D eigenvalue weighted by Gasteiger charge is -2.27. The molecule has 0 aromatic carbocycles. The molecule has 110 valence electrons. The molecule has 0 spiro atoms. The van der Waals surface area contributed by atoms with Crippen LogP contribution in [0.2, 0.25) is 0 Å². The Morgan fingerprint density at radius 1 is 0.778 bits per heavy atom. The Labute approximate surface area is 116 Å². The van der Waals surface area contributed by atoms with Crippen LogP contribution < -0.4 is 5.32 Å². The molecule has 1 heterocycles.